The number of methoxy groups -OCH3 is 1. The van der Waals surface area contributed by atoms with Gasteiger partial charge in [-0.2, -0.15) is 0 Å². The van der Waals surface area contributed by atoms with E-state index in [0.29, 0.717) is 23.4 Å². The monoisotopic (exact) mass is 402 g/mol. The number of ketones is 1. The Balaban J connectivity index is 2.18. The van der Waals surface area contributed by atoms with Crippen LogP contribution in [0, 0.1) is 0 Å². The highest BCUT2D eigenvalue weighted by atomic mass is 32.1. The molecule has 28 heavy (non-hydrogen) atoms. The van der Waals surface area contributed by atoms with Gasteiger partial charge in [-0.25, -0.2) is 0 Å². The standard InChI is InChI=1S/C20H22N2O5S/c1-5-14-15(6-2)22(3)20(26)18(19(14)25)16(23)8-7-13-9-12(11-28-13)21-17(24)10-27-4/h5-6,9,11,25H,1-2,7-8,10H2,3-4H3,(H,21,24). The van der Waals surface area contributed by atoms with Crippen molar-refractivity contribution in [3.05, 3.63) is 56.7 Å². The van der Waals surface area contributed by atoms with Crippen molar-refractivity contribution in [1.29, 1.82) is 0 Å². The molecule has 0 saturated heterocycles. The minimum atomic E-state index is -0.582. The van der Waals surface area contributed by atoms with Crippen LogP contribution in [0.1, 0.15) is 32.9 Å². The molecule has 2 rings (SSSR count). The highest BCUT2D eigenvalue weighted by Gasteiger charge is 2.22. The summed E-state index contributed by atoms with van der Waals surface area (Å²) in [7, 11) is 2.94. The predicted octanol–water partition coefficient (Wildman–Crippen LogP) is 2.84. The number of carbonyl (C=O) groups excluding carboxylic acids is 2. The SMILES string of the molecule is C=Cc1c(O)c(C(=O)CCc2cc(NC(=O)COC)cs2)c(=O)n(C)c1C=C. The highest BCUT2D eigenvalue weighted by molar-refractivity contribution is 7.10. The van der Waals surface area contributed by atoms with Crippen molar-refractivity contribution in [2.45, 2.75) is 12.8 Å². The molecule has 0 unspecified atom stereocenters. The lowest BCUT2D eigenvalue weighted by atomic mass is 10.0. The first-order valence-corrected chi connectivity index (χ1v) is 9.32. The second kappa shape index (κ2) is 9.29. The van der Waals surface area contributed by atoms with E-state index in [1.165, 1.54) is 42.2 Å². The number of anilines is 1. The minimum absolute atomic E-state index is 0.0405. The molecule has 0 aliphatic heterocycles. The average molecular weight is 402 g/mol. The van der Waals surface area contributed by atoms with Crippen LogP contribution in [-0.2, 0) is 23.0 Å². The van der Waals surface area contributed by atoms with Crippen molar-refractivity contribution in [2.75, 3.05) is 19.0 Å². The number of Topliss-reactive ketones (excluding diaryl/α,β-unsaturated/α-hetero) is 1. The van der Waals surface area contributed by atoms with Gasteiger partial charge in [-0.15, -0.1) is 11.3 Å². The van der Waals surface area contributed by atoms with E-state index in [1.54, 1.807) is 11.4 Å². The van der Waals surface area contributed by atoms with Crippen LogP contribution in [0.25, 0.3) is 12.2 Å². The fourth-order valence-electron chi connectivity index (χ4n) is 2.78. The van der Waals surface area contributed by atoms with Crippen LogP contribution >= 0.6 is 11.3 Å². The minimum Gasteiger partial charge on any atom is -0.506 e. The Morgan fingerprint density at radius 1 is 1.36 bits per heavy atom. The number of carbonyl (C=O) groups is 2. The summed E-state index contributed by atoms with van der Waals surface area (Å²) in [6, 6.07) is 1.76. The van der Waals surface area contributed by atoms with Crippen molar-refractivity contribution in [2.24, 2.45) is 7.05 Å². The Morgan fingerprint density at radius 2 is 2.07 bits per heavy atom. The third kappa shape index (κ3) is 4.47. The third-order valence-electron chi connectivity index (χ3n) is 4.14. The molecule has 0 atom stereocenters. The molecular formula is C20H22N2O5S. The van der Waals surface area contributed by atoms with Crippen LogP contribution in [-0.4, -0.2) is 35.1 Å². The van der Waals surface area contributed by atoms with Gasteiger partial charge in [0.2, 0.25) is 5.91 Å². The number of aromatic hydroxyl groups is 1. The summed E-state index contributed by atoms with van der Waals surface area (Å²) in [5.41, 5.74) is 0.468. The number of thiophene rings is 1. The molecule has 2 heterocycles. The molecule has 0 radical (unpaired) electrons. The predicted molar refractivity (Wildman–Crippen MR) is 111 cm³/mol. The van der Waals surface area contributed by atoms with Crippen LogP contribution in [0.5, 0.6) is 5.75 Å². The summed E-state index contributed by atoms with van der Waals surface area (Å²) in [5.74, 6) is -1.11. The third-order valence-corrected chi connectivity index (χ3v) is 5.13. The number of nitrogens with one attached hydrogen (secondary N) is 1. The maximum atomic E-state index is 12.6. The summed E-state index contributed by atoms with van der Waals surface area (Å²) >= 11 is 1.39. The number of aromatic nitrogens is 1. The van der Waals surface area contributed by atoms with Crippen LogP contribution < -0.4 is 10.9 Å². The number of pyridine rings is 1. The molecular weight excluding hydrogens is 380 g/mol. The molecule has 8 heteroatoms. The van der Waals surface area contributed by atoms with Gasteiger partial charge in [0.25, 0.3) is 5.56 Å². The molecule has 0 aliphatic rings. The van der Waals surface area contributed by atoms with Crippen LogP contribution in [0.15, 0.2) is 29.4 Å². The number of nitrogens with zero attached hydrogens (tertiary/aromatic N) is 1. The zero-order chi connectivity index (χ0) is 20.8. The van der Waals surface area contributed by atoms with Gasteiger partial charge in [-0.1, -0.05) is 19.2 Å². The summed E-state index contributed by atoms with van der Waals surface area (Å²) < 4.78 is 6.03. The van der Waals surface area contributed by atoms with E-state index in [1.807, 2.05) is 0 Å². The number of aryl methyl sites for hydroxylation is 1. The lowest BCUT2D eigenvalue weighted by molar-refractivity contribution is -0.119. The summed E-state index contributed by atoms with van der Waals surface area (Å²) in [4.78, 5) is 37.5. The van der Waals surface area contributed by atoms with Crippen LogP contribution in [0.3, 0.4) is 0 Å². The average Bonchev–Trinajstić information content (AvgIpc) is 3.10. The van der Waals surface area contributed by atoms with E-state index in [-0.39, 0.29) is 30.2 Å². The number of amides is 1. The van der Waals surface area contributed by atoms with Gasteiger partial charge >= 0.3 is 0 Å². The fourth-order valence-corrected chi connectivity index (χ4v) is 3.60. The summed E-state index contributed by atoms with van der Waals surface area (Å²) in [6.45, 7) is 7.21. The molecule has 0 saturated carbocycles. The Kier molecular flexibility index (Phi) is 7.08. The van der Waals surface area contributed by atoms with Gasteiger partial charge in [-0.3, -0.25) is 14.4 Å². The zero-order valence-electron chi connectivity index (χ0n) is 15.8. The largest absolute Gasteiger partial charge is 0.506 e. The molecule has 0 aliphatic carbocycles. The smallest absolute Gasteiger partial charge is 0.265 e. The Morgan fingerprint density at radius 3 is 2.68 bits per heavy atom. The quantitative estimate of drug-likeness (QED) is 0.629. The second-order valence-corrected chi connectivity index (χ2v) is 7.00. The van der Waals surface area contributed by atoms with Gasteiger partial charge in [0.1, 0.15) is 17.9 Å². The molecule has 0 spiro atoms. The summed E-state index contributed by atoms with van der Waals surface area (Å²) in [6.07, 6.45) is 3.23. The normalized spacial score (nSPS) is 10.5. The Hall–Kier alpha value is -2.97. The first-order valence-electron chi connectivity index (χ1n) is 8.44. The molecule has 0 aromatic carbocycles. The Labute approximate surface area is 166 Å². The molecule has 0 bridgehead atoms. The summed E-state index contributed by atoms with van der Waals surface area (Å²) in [5, 5.41) is 14.9. The maximum Gasteiger partial charge on any atom is 0.265 e. The van der Waals surface area contributed by atoms with E-state index in [2.05, 4.69) is 18.5 Å². The van der Waals surface area contributed by atoms with E-state index in [0.717, 1.165) is 4.88 Å². The maximum absolute atomic E-state index is 12.6. The number of hydrogen-bond donors (Lipinski definition) is 2. The van der Waals surface area contributed by atoms with Crippen molar-refractivity contribution in [1.82, 2.24) is 4.57 Å². The van der Waals surface area contributed by atoms with Crippen LogP contribution in [0.4, 0.5) is 5.69 Å². The molecule has 2 N–H and O–H groups in total. The van der Waals surface area contributed by atoms with Crippen LogP contribution in [0.2, 0.25) is 0 Å². The van der Waals surface area contributed by atoms with Gasteiger partial charge in [0.15, 0.2) is 5.78 Å². The first kappa shape index (κ1) is 21.3. The molecule has 7 nitrogen and oxygen atoms in total. The molecule has 2 aromatic rings. The second-order valence-electron chi connectivity index (χ2n) is 6.00. The van der Waals surface area contributed by atoms with Crippen molar-refractivity contribution >= 4 is 40.9 Å². The van der Waals surface area contributed by atoms with E-state index >= 15 is 0 Å². The van der Waals surface area contributed by atoms with E-state index in [4.69, 9.17) is 4.74 Å². The van der Waals surface area contributed by atoms with Gasteiger partial charge in [-0.05, 0) is 18.6 Å². The molecule has 1 amide bonds. The lowest BCUT2D eigenvalue weighted by Gasteiger charge is -2.13. The molecule has 0 fully saturated rings. The zero-order valence-corrected chi connectivity index (χ0v) is 16.6. The van der Waals surface area contributed by atoms with Gasteiger partial charge < -0.3 is 19.7 Å². The topological polar surface area (TPSA) is 97.6 Å². The Bertz CT molecular complexity index is 987. The van der Waals surface area contributed by atoms with Crippen molar-refractivity contribution < 1.29 is 19.4 Å². The van der Waals surface area contributed by atoms with Crippen molar-refractivity contribution in [3.8, 4) is 5.75 Å². The first-order chi connectivity index (χ1) is 13.3. The fraction of sp³-hybridized carbons (Fsp3) is 0.250. The number of rotatable bonds is 9. The molecule has 148 valence electrons. The molecule has 2 aromatic heterocycles. The van der Waals surface area contributed by atoms with Crippen molar-refractivity contribution in [3.63, 3.8) is 0 Å². The number of hydrogen-bond acceptors (Lipinski definition) is 6. The van der Waals surface area contributed by atoms with Gasteiger partial charge in [0.05, 0.1) is 11.4 Å². The number of ether oxygens (including phenoxy) is 1. The van der Waals surface area contributed by atoms with Gasteiger partial charge in [0, 0.05) is 36.4 Å². The lowest BCUT2D eigenvalue weighted by Crippen LogP contribution is -2.27. The highest BCUT2D eigenvalue weighted by Crippen LogP contribution is 2.27. The van der Waals surface area contributed by atoms with E-state index in [9.17, 15) is 19.5 Å². The van der Waals surface area contributed by atoms with E-state index < -0.39 is 11.3 Å².